The van der Waals surface area contributed by atoms with Gasteiger partial charge in [-0.25, -0.2) is 14.8 Å². The molecule has 0 radical (unpaired) electrons. The van der Waals surface area contributed by atoms with E-state index in [1.165, 1.54) is 12.1 Å². The largest absolute Gasteiger partial charge is 0.494 e. The molecule has 0 fully saturated rings. The molecule has 0 aromatic heterocycles. The van der Waals surface area contributed by atoms with E-state index in [1.54, 1.807) is 30.3 Å². The number of nitrogens with zero attached hydrogens (tertiary/aromatic N) is 1. The van der Waals surface area contributed by atoms with Gasteiger partial charge in [0.15, 0.2) is 5.54 Å². The number of halogens is 1. The number of amides is 1. The van der Waals surface area contributed by atoms with E-state index >= 15 is 0 Å². The molecule has 0 unspecified atom stereocenters. The molecular formula is C23H26FN3O4. The molecule has 0 aliphatic carbocycles. The third-order valence-electron chi connectivity index (χ3n) is 4.75. The van der Waals surface area contributed by atoms with Gasteiger partial charge >= 0.3 is 0 Å². The molecule has 0 spiro atoms. The minimum atomic E-state index is -1.12. The van der Waals surface area contributed by atoms with Crippen molar-refractivity contribution in [3.05, 3.63) is 78.1 Å². The van der Waals surface area contributed by atoms with Gasteiger partial charge in [0.05, 0.1) is 6.61 Å². The lowest BCUT2D eigenvalue weighted by atomic mass is 9.97. The van der Waals surface area contributed by atoms with Gasteiger partial charge in [-0.1, -0.05) is 18.2 Å². The van der Waals surface area contributed by atoms with Crippen LogP contribution < -0.4 is 15.6 Å². The predicted octanol–water partition coefficient (Wildman–Crippen LogP) is 2.50. The average Bonchev–Trinajstić information content (AvgIpc) is 3.21. The number of nitrogens with one attached hydrogen (secondary N) is 2. The minimum absolute atomic E-state index is 0.0783. The van der Waals surface area contributed by atoms with E-state index in [0.29, 0.717) is 37.6 Å². The molecule has 2 aromatic carbocycles. The van der Waals surface area contributed by atoms with Crippen LogP contribution in [0.1, 0.15) is 24.0 Å². The van der Waals surface area contributed by atoms with Crippen molar-refractivity contribution in [2.45, 2.75) is 24.9 Å². The predicted molar refractivity (Wildman–Crippen MR) is 115 cm³/mol. The van der Waals surface area contributed by atoms with Crippen molar-refractivity contribution in [3.8, 4) is 5.75 Å². The fourth-order valence-corrected chi connectivity index (χ4v) is 3.04. The normalized spacial score (nSPS) is 17.5. The number of aliphatic hydroxyl groups is 1. The highest BCUT2D eigenvalue weighted by molar-refractivity contribution is 6.00. The van der Waals surface area contributed by atoms with Crippen LogP contribution in [0.5, 0.6) is 5.75 Å². The molecular weight excluding hydrogens is 401 g/mol. The minimum Gasteiger partial charge on any atom is -0.494 e. The van der Waals surface area contributed by atoms with Gasteiger partial charge in [-0.3, -0.25) is 10.2 Å². The van der Waals surface area contributed by atoms with Crippen molar-refractivity contribution in [3.63, 3.8) is 0 Å². The number of hydrazine groups is 1. The summed E-state index contributed by atoms with van der Waals surface area (Å²) in [6, 6.07) is 13.2. The zero-order valence-electron chi connectivity index (χ0n) is 17.1. The first-order chi connectivity index (χ1) is 15.1. The Kier molecular flexibility index (Phi) is 7.75. The molecule has 8 heteroatoms. The van der Waals surface area contributed by atoms with Crippen molar-refractivity contribution in [1.29, 1.82) is 0 Å². The summed E-state index contributed by atoms with van der Waals surface area (Å²) < 4.78 is 24.3. The van der Waals surface area contributed by atoms with Gasteiger partial charge in [0, 0.05) is 31.6 Å². The molecule has 3 rings (SSSR count). The zero-order chi connectivity index (χ0) is 22.1. The lowest BCUT2D eigenvalue weighted by molar-refractivity contribution is -0.127. The summed E-state index contributed by atoms with van der Waals surface area (Å²) >= 11 is 0. The van der Waals surface area contributed by atoms with E-state index in [4.69, 9.17) is 14.6 Å². The SMILES string of the molecule is C=CC[C@@]1(C(=O)NNCc2ccc(F)cc2)COC(c2ccc(OCCCO)cc2)=N1. The summed E-state index contributed by atoms with van der Waals surface area (Å²) in [4.78, 5) is 17.4. The molecule has 1 atom stereocenters. The monoisotopic (exact) mass is 427 g/mol. The van der Waals surface area contributed by atoms with E-state index < -0.39 is 5.54 Å². The van der Waals surface area contributed by atoms with Crippen LogP contribution in [0.15, 0.2) is 66.2 Å². The first-order valence-corrected chi connectivity index (χ1v) is 10.0. The van der Waals surface area contributed by atoms with Crippen molar-refractivity contribution in [1.82, 2.24) is 10.9 Å². The summed E-state index contributed by atoms with van der Waals surface area (Å²) in [6.45, 7) is 4.68. The summed E-state index contributed by atoms with van der Waals surface area (Å²) in [5.41, 5.74) is 5.95. The lowest BCUT2D eigenvalue weighted by Gasteiger charge is -2.21. The van der Waals surface area contributed by atoms with Crippen LogP contribution in [0, 0.1) is 5.82 Å². The highest BCUT2D eigenvalue weighted by Gasteiger charge is 2.43. The van der Waals surface area contributed by atoms with Crippen LogP contribution in [0.25, 0.3) is 0 Å². The number of carbonyl (C=O) groups is 1. The summed E-state index contributed by atoms with van der Waals surface area (Å²) in [5, 5.41) is 8.82. The quantitative estimate of drug-likeness (QED) is 0.291. The number of aliphatic imine (C=N–C) groups is 1. The maximum atomic E-state index is 13.0. The Balaban J connectivity index is 1.63. The van der Waals surface area contributed by atoms with Crippen molar-refractivity contribution in [2.24, 2.45) is 4.99 Å². The highest BCUT2D eigenvalue weighted by Crippen LogP contribution is 2.27. The molecule has 1 amide bonds. The number of carbonyl (C=O) groups excluding carboxylic acids is 1. The second kappa shape index (κ2) is 10.7. The third-order valence-corrected chi connectivity index (χ3v) is 4.75. The van der Waals surface area contributed by atoms with Gasteiger partial charge in [0.1, 0.15) is 18.2 Å². The molecule has 31 heavy (non-hydrogen) atoms. The van der Waals surface area contributed by atoms with Crippen molar-refractivity contribution >= 4 is 11.8 Å². The number of hydrogen-bond donors (Lipinski definition) is 3. The van der Waals surface area contributed by atoms with E-state index in [9.17, 15) is 9.18 Å². The maximum Gasteiger partial charge on any atom is 0.266 e. The molecule has 1 aliphatic rings. The second-order valence-corrected chi connectivity index (χ2v) is 7.11. The molecule has 1 aliphatic heterocycles. The Hall–Kier alpha value is -3.23. The number of benzene rings is 2. The van der Waals surface area contributed by atoms with Gasteiger partial charge in [-0.05, 0) is 42.0 Å². The van der Waals surface area contributed by atoms with Crippen LogP contribution in [0.3, 0.4) is 0 Å². The van der Waals surface area contributed by atoms with E-state index in [0.717, 1.165) is 11.1 Å². The number of aliphatic hydroxyl groups excluding tert-OH is 1. The zero-order valence-corrected chi connectivity index (χ0v) is 17.1. The molecule has 2 aromatic rings. The van der Waals surface area contributed by atoms with Crippen LogP contribution in [-0.4, -0.2) is 42.3 Å². The Bertz CT molecular complexity index is 915. The number of ether oxygens (including phenoxy) is 2. The third kappa shape index (κ3) is 5.90. The van der Waals surface area contributed by atoms with Crippen molar-refractivity contribution < 1.29 is 23.8 Å². The first kappa shape index (κ1) is 22.5. The topological polar surface area (TPSA) is 92.2 Å². The highest BCUT2D eigenvalue weighted by atomic mass is 19.1. The van der Waals surface area contributed by atoms with Gasteiger partial charge in [-0.15, -0.1) is 6.58 Å². The van der Waals surface area contributed by atoms with Crippen LogP contribution in [-0.2, 0) is 16.1 Å². The maximum absolute atomic E-state index is 13.0. The Labute approximate surface area is 180 Å². The van der Waals surface area contributed by atoms with E-state index in [-0.39, 0.29) is 24.9 Å². The second-order valence-electron chi connectivity index (χ2n) is 7.11. The van der Waals surface area contributed by atoms with Gasteiger partial charge < -0.3 is 14.6 Å². The van der Waals surface area contributed by atoms with Gasteiger partial charge in [0.2, 0.25) is 5.90 Å². The van der Waals surface area contributed by atoms with Crippen LogP contribution in [0.2, 0.25) is 0 Å². The Morgan fingerprint density at radius 2 is 2.00 bits per heavy atom. The van der Waals surface area contributed by atoms with Gasteiger partial charge in [-0.2, -0.15) is 0 Å². The molecule has 0 saturated heterocycles. The lowest BCUT2D eigenvalue weighted by Crippen LogP contribution is -2.51. The summed E-state index contributed by atoms with van der Waals surface area (Å²) in [5.74, 6) is 0.397. The molecule has 3 N–H and O–H groups in total. The Morgan fingerprint density at radius 3 is 2.68 bits per heavy atom. The number of hydrogen-bond acceptors (Lipinski definition) is 6. The van der Waals surface area contributed by atoms with Gasteiger partial charge in [0.25, 0.3) is 5.91 Å². The van der Waals surface area contributed by atoms with Crippen LogP contribution >= 0.6 is 0 Å². The Morgan fingerprint density at radius 1 is 1.26 bits per heavy atom. The standard InChI is InChI=1S/C23H26FN3O4/c1-2-12-23(22(29)27-25-15-17-4-8-19(24)9-5-17)16-31-21(26-23)18-6-10-20(11-7-18)30-14-3-13-28/h2,4-11,25,28H,1,3,12-16H2,(H,27,29)/t23-/m0/s1. The molecule has 0 saturated carbocycles. The molecule has 164 valence electrons. The summed E-state index contributed by atoms with van der Waals surface area (Å²) in [6.07, 6.45) is 2.50. The van der Waals surface area contributed by atoms with E-state index in [1.807, 2.05) is 12.1 Å². The van der Waals surface area contributed by atoms with Crippen LogP contribution in [0.4, 0.5) is 4.39 Å². The molecule has 7 nitrogen and oxygen atoms in total. The average molecular weight is 427 g/mol. The fraction of sp³-hybridized carbons (Fsp3) is 0.304. The summed E-state index contributed by atoms with van der Waals surface area (Å²) in [7, 11) is 0. The fourth-order valence-electron chi connectivity index (χ4n) is 3.04. The molecule has 0 bridgehead atoms. The van der Waals surface area contributed by atoms with E-state index in [2.05, 4.69) is 22.4 Å². The molecule has 1 heterocycles. The first-order valence-electron chi connectivity index (χ1n) is 10.0. The number of rotatable bonds is 11. The van der Waals surface area contributed by atoms with Crippen molar-refractivity contribution in [2.75, 3.05) is 19.8 Å². The smallest absolute Gasteiger partial charge is 0.266 e.